The highest BCUT2D eigenvalue weighted by Crippen LogP contribution is 2.23. The number of nitrogens with one attached hydrogen (secondary N) is 1. The molecule has 0 aromatic heterocycles. The minimum absolute atomic E-state index is 0.0403. The van der Waals surface area contributed by atoms with Gasteiger partial charge in [-0.1, -0.05) is 6.92 Å². The van der Waals surface area contributed by atoms with Crippen molar-refractivity contribution in [2.45, 2.75) is 46.2 Å². The summed E-state index contributed by atoms with van der Waals surface area (Å²) in [5.41, 5.74) is 8.53. The maximum atomic E-state index is 12.5. The van der Waals surface area contributed by atoms with Gasteiger partial charge in [0.1, 0.15) is 0 Å². The highest BCUT2D eigenvalue weighted by atomic mass is 16.2. The van der Waals surface area contributed by atoms with E-state index in [0.29, 0.717) is 18.8 Å². The molecule has 0 aliphatic rings. The van der Waals surface area contributed by atoms with Crippen molar-refractivity contribution in [3.8, 4) is 0 Å². The predicted molar refractivity (Wildman–Crippen MR) is 94.2 cm³/mol. The molecule has 1 aromatic carbocycles. The molecule has 0 unspecified atom stereocenters. The summed E-state index contributed by atoms with van der Waals surface area (Å²) in [7, 11) is 3.99. The number of hydrogen-bond acceptors (Lipinski definition) is 3. The molecule has 0 fully saturated rings. The van der Waals surface area contributed by atoms with E-state index in [2.05, 4.69) is 12.2 Å². The van der Waals surface area contributed by atoms with Crippen molar-refractivity contribution in [1.29, 1.82) is 0 Å². The van der Waals surface area contributed by atoms with Crippen molar-refractivity contribution in [3.05, 3.63) is 23.8 Å². The number of rotatable bonds is 5. The van der Waals surface area contributed by atoms with Crippen molar-refractivity contribution in [3.63, 3.8) is 0 Å². The van der Waals surface area contributed by atoms with Gasteiger partial charge in [-0.3, -0.25) is 0 Å². The van der Waals surface area contributed by atoms with Crippen LogP contribution in [0.15, 0.2) is 18.2 Å². The van der Waals surface area contributed by atoms with Crippen molar-refractivity contribution >= 4 is 17.4 Å². The molecule has 5 heteroatoms. The molecule has 0 heterocycles. The Labute approximate surface area is 134 Å². The minimum Gasteiger partial charge on any atom is -0.399 e. The zero-order valence-corrected chi connectivity index (χ0v) is 14.7. The largest absolute Gasteiger partial charge is 0.399 e. The Bertz CT molecular complexity index is 506. The zero-order chi connectivity index (χ0) is 16.9. The van der Waals surface area contributed by atoms with E-state index in [9.17, 15) is 4.79 Å². The second kappa shape index (κ2) is 7.38. The molecule has 0 aliphatic carbocycles. The number of amides is 2. The highest BCUT2D eigenvalue weighted by Gasteiger charge is 2.20. The fraction of sp³-hybridized carbons (Fsp3) is 0.588. The summed E-state index contributed by atoms with van der Waals surface area (Å²) >= 11 is 0. The van der Waals surface area contributed by atoms with Gasteiger partial charge in [0.25, 0.3) is 0 Å². The Balaban J connectivity index is 3.00. The van der Waals surface area contributed by atoms with Crippen LogP contribution in [-0.2, 0) is 6.54 Å². The van der Waals surface area contributed by atoms with Gasteiger partial charge in [0.2, 0.25) is 0 Å². The van der Waals surface area contributed by atoms with Gasteiger partial charge in [0, 0.05) is 44.1 Å². The maximum Gasteiger partial charge on any atom is 0.318 e. The molecule has 124 valence electrons. The molecule has 0 spiro atoms. The van der Waals surface area contributed by atoms with E-state index in [1.807, 2.05) is 62.9 Å². The van der Waals surface area contributed by atoms with Crippen LogP contribution >= 0.6 is 0 Å². The lowest BCUT2D eigenvalue weighted by Gasteiger charge is -2.29. The lowest BCUT2D eigenvalue weighted by molar-refractivity contribution is 0.186. The van der Waals surface area contributed by atoms with E-state index in [4.69, 9.17) is 5.73 Å². The summed E-state index contributed by atoms with van der Waals surface area (Å²) in [4.78, 5) is 16.4. The van der Waals surface area contributed by atoms with Gasteiger partial charge < -0.3 is 20.9 Å². The Hall–Kier alpha value is -1.91. The lowest BCUT2D eigenvalue weighted by Crippen LogP contribution is -2.48. The maximum absolute atomic E-state index is 12.5. The second-order valence-electron chi connectivity index (χ2n) is 6.88. The Morgan fingerprint density at radius 1 is 1.27 bits per heavy atom. The van der Waals surface area contributed by atoms with Crippen molar-refractivity contribution in [1.82, 2.24) is 10.2 Å². The molecule has 0 radical (unpaired) electrons. The third kappa shape index (κ3) is 5.47. The molecule has 0 aliphatic heterocycles. The standard InChI is InChI=1S/C17H30N4O/c1-7-10-21(16(22)19-17(2,3)4)12-13-11-14(18)8-9-15(13)20(5)6/h8-9,11H,7,10,12,18H2,1-6H3,(H,19,22). The molecule has 3 N–H and O–H groups in total. The van der Waals surface area contributed by atoms with Crippen LogP contribution in [0.25, 0.3) is 0 Å². The van der Waals surface area contributed by atoms with E-state index < -0.39 is 0 Å². The quantitative estimate of drug-likeness (QED) is 0.822. The Kier molecular flexibility index (Phi) is 6.09. The van der Waals surface area contributed by atoms with E-state index in [0.717, 1.165) is 17.7 Å². The van der Waals surface area contributed by atoms with Gasteiger partial charge >= 0.3 is 6.03 Å². The minimum atomic E-state index is -0.247. The molecule has 1 aromatic rings. The number of nitrogens with two attached hydrogens (primary N) is 1. The normalized spacial score (nSPS) is 11.2. The monoisotopic (exact) mass is 306 g/mol. The molecule has 0 bridgehead atoms. The summed E-state index contributed by atoms with van der Waals surface area (Å²) < 4.78 is 0. The molecular formula is C17H30N4O. The zero-order valence-electron chi connectivity index (χ0n) is 14.7. The van der Waals surface area contributed by atoms with E-state index >= 15 is 0 Å². The van der Waals surface area contributed by atoms with Crippen LogP contribution < -0.4 is 16.0 Å². The number of benzene rings is 1. The van der Waals surface area contributed by atoms with Gasteiger partial charge in [-0.05, 0) is 51.0 Å². The first-order valence-electron chi connectivity index (χ1n) is 7.77. The average Bonchev–Trinajstić information content (AvgIpc) is 2.35. The summed E-state index contributed by atoms with van der Waals surface area (Å²) in [5.74, 6) is 0. The number of urea groups is 1. The smallest absolute Gasteiger partial charge is 0.318 e. The number of carbonyl (C=O) groups is 1. The second-order valence-corrected chi connectivity index (χ2v) is 6.88. The fourth-order valence-electron chi connectivity index (χ4n) is 2.30. The first-order valence-corrected chi connectivity index (χ1v) is 7.77. The molecular weight excluding hydrogens is 276 g/mol. The van der Waals surface area contributed by atoms with Crippen LogP contribution in [0.1, 0.15) is 39.7 Å². The first kappa shape index (κ1) is 18.1. The third-order valence-corrected chi connectivity index (χ3v) is 3.21. The van der Waals surface area contributed by atoms with E-state index in [1.54, 1.807) is 0 Å². The van der Waals surface area contributed by atoms with E-state index in [1.165, 1.54) is 0 Å². The number of nitrogen functional groups attached to an aromatic ring is 1. The van der Waals surface area contributed by atoms with Crippen LogP contribution in [0.5, 0.6) is 0 Å². The topological polar surface area (TPSA) is 61.6 Å². The van der Waals surface area contributed by atoms with Gasteiger partial charge in [0.15, 0.2) is 0 Å². The molecule has 5 nitrogen and oxygen atoms in total. The SMILES string of the molecule is CCCN(Cc1cc(N)ccc1N(C)C)C(=O)NC(C)(C)C. The molecule has 22 heavy (non-hydrogen) atoms. The van der Waals surface area contributed by atoms with Crippen LogP contribution in [0, 0.1) is 0 Å². The van der Waals surface area contributed by atoms with Gasteiger partial charge in [-0.2, -0.15) is 0 Å². The number of hydrogen-bond donors (Lipinski definition) is 2. The van der Waals surface area contributed by atoms with Crippen LogP contribution in [0.4, 0.5) is 16.2 Å². The molecule has 1 rings (SSSR count). The average molecular weight is 306 g/mol. The van der Waals surface area contributed by atoms with E-state index in [-0.39, 0.29) is 11.6 Å². The van der Waals surface area contributed by atoms with Gasteiger partial charge in [-0.15, -0.1) is 0 Å². The summed E-state index contributed by atoms with van der Waals surface area (Å²) in [6.07, 6.45) is 0.914. The Morgan fingerprint density at radius 2 is 1.91 bits per heavy atom. The molecule has 0 saturated heterocycles. The molecule has 0 atom stereocenters. The van der Waals surface area contributed by atoms with Crippen LogP contribution in [0.3, 0.4) is 0 Å². The third-order valence-electron chi connectivity index (χ3n) is 3.21. The van der Waals surface area contributed by atoms with Crippen LogP contribution in [0.2, 0.25) is 0 Å². The summed E-state index contributed by atoms with van der Waals surface area (Å²) in [6.45, 7) is 9.30. The number of carbonyl (C=O) groups excluding carboxylic acids is 1. The summed E-state index contributed by atoms with van der Waals surface area (Å²) in [5, 5.41) is 3.03. The van der Waals surface area contributed by atoms with Crippen molar-refractivity contribution in [2.24, 2.45) is 0 Å². The predicted octanol–water partition coefficient (Wildman–Crippen LogP) is 3.05. The number of anilines is 2. The van der Waals surface area contributed by atoms with Gasteiger partial charge in [0.05, 0.1) is 0 Å². The highest BCUT2D eigenvalue weighted by molar-refractivity contribution is 5.75. The van der Waals surface area contributed by atoms with Crippen molar-refractivity contribution in [2.75, 3.05) is 31.3 Å². The fourth-order valence-corrected chi connectivity index (χ4v) is 2.30. The Morgan fingerprint density at radius 3 is 2.41 bits per heavy atom. The number of nitrogens with zero attached hydrogens (tertiary/aromatic N) is 2. The molecule has 2 amide bonds. The van der Waals surface area contributed by atoms with Crippen molar-refractivity contribution < 1.29 is 4.79 Å². The summed E-state index contributed by atoms with van der Waals surface area (Å²) in [6, 6.07) is 5.79. The lowest BCUT2D eigenvalue weighted by atomic mass is 10.1. The first-order chi connectivity index (χ1) is 10.1. The van der Waals surface area contributed by atoms with Crippen LogP contribution in [-0.4, -0.2) is 37.1 Å². The molecule has 0 saturated carbocycles. The van der Waals surface area contributed by atoms with Gasteiger partial charge in [-0.25, -0.2) is 4.79 Å².